The Morgan fingerprint density at radius 1 is 1.33 bits per heavy atom. The normalized spacial score (nSPS) is 17.5. The number of aromatic nitrogens is 1. The van der Waals surface area contributed by atoms with Gasteiger partial charge in [-0.25, -0.2) is 9.78 Å². The van der Waals surface area contributed by atoms with E-state index in [1.165, 1.54) is 17.6 Å². The molecule has 7 heteroatoms. The Kier molecular flexibility index (Phi) is 3.68. The summed E-state index contributed by atoms with van der Waals surface area (Å²) in [6.45, 7) is 0.878. The Balaban J connectivity index is 1.47. The van der Waals surface area contributed by atoms with Gasteiger partial charge in [0.05, 0.1) is 6.54 Å². The molecule has 24 heavy (non-hydrogen) atoms. The third-order valence-corrected chi connectivity index (χ3v) is 4.39. The molecule has 1 saturated carbocycles. The van der Waals surface area contributed by atoms with Crippen LogP contribution in [0.1, 0.15) is 41.6 Å². The summed E-state index contributed by atoms with van der Waals surface area (Å²) in [5.74, 6) is 0.654. The van der Waals surface area contributed by atoms with Crippen molar-refractivity contribution in [2.45, 2.75) is 25.2 Å². The summed E-state index contributed by atoms with van der Waals surface area (Å²) in [5.41, 5.74) is 1.54. The molecule has 0 radical (unpaired) electrons. The second kappa shape index (κ2) is 5.99. The van der Waals surface area contributed by atoms with Crippen LogP contribution in [0.25, 0.3) is 0 Å². The first-order valence-electron chi connectivity index (χ1n) is 8.02. The lowest BCUT2D eigenvalue weighted by molar-refractivity contribution is 0.102. The number of anilines is 2. The molecule has 0 atom stereocenters. The standard InChI is InChI=1S/C17H17N3O4/c21-15(14-10-24-16(19-14)11-3-1-4-11)18-12-5-2-6-13(9-12)20-7-8-23-17(20)22/h2,5-6,9-11H,1,3-4,7-8H2,(H,18,21). The van der Waals surface area contributed by atoms with Crippen molar-refractivity contribution in [3.63, 3.8) is 0 Å². The Hall–Kier alpha value is -2.83. The number of carbonyl (C=O) groups excluding carboxylic acids is 2. The first-order valence-corrected chi connectivity index (χ1v) is 8.02. The van der Waals surface area contributed by atoms with Crippen LogP contribution in [0.15, 0.2) is 34.9 Å². The van der Waals surface area contributed by atoms with E-state index in [4.69, 9.17) is 9.15 Å². The summed E-state index contributed by atoms with van der Waals surface area (Å²) in [4.78, 5) is 29.7. The van der Waals surface area contributed by atoms with Crippen LogP contribution in [0.5, 0.6) is 0 Å². The van der Waals surface area contributed by atoms with Gasteiger partial charge in [0.1, 0.15) is 12.9 Å². The number of ether oxygens (including phenoxy) is 1. The molecule has 1 saturated heterocycles. The first kappa shape index (κ1) is 14.7. The number of benzene rings is 1. The van der Waals surface area contributed by atoms with Crippen LogP contribution in [0.2, 0.25) is 0 Å². The van der Waals surface area contributed by atoms with Gasteiger partial charge in [-0.15, -0.1) is 0 Å². The second-order valence-corrected chi connectivity index (χ2v) is 5.97. The number of rotatable bonds is 4. The quantitative estimate of drug-likeness (QED) is 0.932. The summed E-state index contributed by atoms with van der Waals surface area (Å²) in [6, 6.07) is 7.07. The van der Waals surface area contributed by atoms with Crippen molar-refractivity contribution >= 4 is 23.4 Å². The molecule has 1 aliphatic heterocycles. The second-order valence-electron chi connectivity index (χ2n) is 5.97. The Morgan fingerprint density at radius 2 is 2.21 bits per heavy atom. The van der Waals surface area contributed by atoms with Crippen molar-refractivity contribution in [3.05, 3.63) is 42.1 Å². The van der Waals surface area contributed by atoms with Gasteiger partial charge >= 0.3 is 6.09 Å². The number of hydrogen-bond donors (Lipinski definition) is 1. The van der Waals surface area contributed by atoms with Crippen molar-refractivity contribution in [1.29, 1.82) is 0 Å². The number of carbonyl (C=O) groups is 2. The smallest absolute Gasteiger partial charge is 0.414 e. The highest BCUT2D eigenvalue weighted by atomic mass is 16.6. The zero-order chi connectivity index (χ0) is 16.5. The van der Waals surface area contributed by atoms with Crippen LogP contribution < -0.4 is 10.2 Å². The third kappa shape index (κ3) is 2.73. The average molecular weight is 327 g/mol. The Morgan fingerprint density at radius 3 is 2.92 bits per heavy atom. The monoisotopic (exact) mass is 327 g/mol. The van der Waals surface area contributed by atoms with E-state index in [0.29, 0.717) is 36.3 Å². The fourth-order valence-electron chi connectivity index (χ4n) is 2.81. The summed E-state index contributed by atoms with van der Waals surface area (Å²) < 4.78 is 10.3. The summed E-state index contributed by atoms with van der Waals surface area (Å²) in [7, 11) is 0. The van der Waals surface area contributed by atoms with Gasteiger partial charge < -0.3 is 14.5 Å². The lowest BCUT2D eigenvalue weighted by Crippen LogP contribution is -2.23. The number of hydrogen-bond acceptors (Lipinski definition) is 5. The number of cyclic esters (lactones) is 1. The van der Waals surface area contributed by atoms with Crippen molar-refractivity contribution in [2.24, 2.45) is 0 Å². The molecule has 1 aromatic carbocycles. The molecular weight excluding hydrogens is 310 g/mol. The van der Waals surface area contributed by atoms with Crippen LogP contribution in [0, 0.1) is 0 Å². The zero-order valence-electron chi connectivity index (χ0n) is 13.0. The lowest BCUT2D eigenvalue weighted by atomic mass is 9.85. The lowest BCUT2D eigenvalue weighted by Gasteiger charge is -2.21. The van der Waals surface area contributed by atoms with E-state index in [9.17, 15) is 9.59 Å². The van der Waals surface area contributed by atoms with Gasteiger partial charge in [-0.05, 0) is 31.0 Å². The predicted molar refractivity (Wildman–Crippen MR) is 86.2 cm³/mol. The highest BCUT2D eigenvalue weighted by molar-refractivity contribution is 6.03. The molecule has 0 spiro atoms. The SMILES string of the molecule is O=C(Nc1cccc(N2CCOC2=O)c1)c1coc(C2CCC2)n1. The number of oxazole rings is 1. The molecule has 2 fully saturated rings. The fourth-order valence-corrected chi connectivity index (χ4v) is 2.81. The van der Waals surface area contributed by atoms with E-state index >= 15 is 0 Å². The van der Waals surface area contributed by atoms with Gasteiger partial charge in [0.15, 0.2) is 11.6 Å². The molecule has 2 aliphatic rings. The highest BCUT2D eigenvalue weighted by Crippen LogP contribution is 2.35. The molecule has 2 amide bonds. The number of nitrogens with one attached hydrogen (secondary N) is 1. The molecule has 0 bridgehead atoms. The topological polar surface area (TPSA) is 84.7 Å². The molecule has 0 unspecified atom stereocenters. The maximum absolute atomic E-state index is 12.3. The number of amides is 2. The third-order valence-electron chi connectivity index (χ3n) is 4.39. The van der Waals surface area contributed by atoms with E-state index in [0.717, 1.165) is 12.8 Å². The largest absolute Gasteiger partial charge is 0.448 e. The fraction of sp³-hybridized carbons (Fsp3) is 0.353. The minimum atomic E-state index is -0.375. The first-order chi connectivity index (χ1) is 11.7. The van der Waals surface area contributed by atoms with Crippen molar-refractivity contribution < 1.29 is 18.7 Å². The minimum Gasteiger partial charge on any atom is -0.448 e. The predicted octanol–water partition coefficient (Wildman–Crippen LogP) is 3.15. The molecule has 2 aromatic rings. The summed E-state index contributed by atoms with van der Waals surface area (Å²) in [6.07, 6.45) is 4.33. The minimum absolute atomic E-state index is 0.267. The van der Waals surface area contributed by atoms with Crippen LogP contribution in [0.3, 0.4) is 0 Å². The maximum Gasteiger partial charge on any atom is 0.414 e. The molecule has 1 N–H and O–H groups in total. The van der Waals surface area contributed by atoms with Crippen molar-refractivity contribution in [1.82, 2.24) is 4.98 Å². The summed E-state index contributed by atoms with van der Waals surface area (Å²) >= 11 is 0. The van der Waals surface area contributed by atoms with Gasteiger partial charge in [0.2, 0.25) is 0 Å². The van der Waals surface area contributed by atoms with Gasteiger partial charge in [0, 0.05) is 17.3 Å². The molecule has 124 valence electrons. The van der Waals surface area contributed by atoms with Gasteiger partial charge in [0.25, 0.3) is 5.91 Å². The average Bonchev–Trinajstić information content (AvgIpc) is 3.15. The molecule has 2 heterocycles. The maximum atomic E-state index is 12.3. The Labute approximate surface area is 138 Å². The van der Waals surface area contributed by atoms with Crippen LogP contribution in [0.4, 0.5) is 16.2 Å². The van der Waals surface area contributed by atoms with Crippen LogP contribution in [-0.2, 0) is 4.74 Å². The molecule has 4 rings (SSSR count). The van der Waals surface area contributed by atoms with Crippen molar-refractivity contribution in [3.8, 4) is 0 Å². The van der Waals surface area contributed by atoms with E-state index < -0.39 is 0 Å². The number of nitrogens with zero attached hydrogens (tertiary/aromatic N) is 2. The van der Waals surface area contributed by atoms with Crippen molar-refractivity contribution in [2.75, 3.05) is 23.4 Å². The molecular formula is C17H17N3O4. The molecule has 7 nitrogen and oxygen atoms in total. The van der Waals surface area contributed by atoms with E-state index in [1.54, 1.807) is 24.3 Å². The van der Waals surface area contributed by atoms with Crippen LogP contribution in [-0.4, -0.2) is 30.1 Å². The van der Waals surface area contributed by atoms with E-state index in [1.807, 2.05) is 0 Å². The summed E-state index contributed by atoms with van der Waals surface area (Å²) in [5, 5.41) is 2.78. The molecule has 1 aromatic heterocycles. The highest BCUT2D eigenvalue weighted by Gasteiger charge is 2.26. The van der Waals surface area contributed by atoms with E-state index in [2.05, 4.69) is 10.3 Å². The van der Waals surface area contributed by atoms with Gasteiger partial charge in [-0.1, -0.05) is 12.5 Å². The Bertz CT molecular complexity index is 782. The van der Waals surface area contributed by atoms with Gasteiger partial charge in [-0.3, -0.25) is 9.69 Å². The zero-order valence-corrected chi connectivity index (χ0v) is 13.0. The molecule has 1 aliphatic carbocycles. The van der Waals surface area contributed by atoms with E-state index in [-0.39, 0.29) is 17.7 Å². The van der Waals surface area contributed by atoms with Gasteiger partial charge in [-0.2, -0.15) is 0 Å². The van der Waals surface area contributed by atoms with Crippen LogP contribution >= 0.6 is 0 Å².